The van der Waals surface area contributed by atoms with Crippen LogP contribution in [0, 0.1) is 0 Å². The Morgan fingerprint density at radius 2 is 2.00 bits per heavy atom. The van der Waals surface area contributed by atoms with E-state index < -0.39 is 0 Å². The second-order valence-corrected chi connectivity index (χ2v) is 6.08. The van der Waals surface area contributed by atoms with Crippen molar-refractivity contribution in [1.82, 2.24) is 19.9 Å². The molecule has 24 heavy (non-hydrogen) atoms. The van der Waals surface area contributed by atoms with E-state index in [4.69, 9.17) is 23.2 Å². The minimum absolute atomic E-state index is 0.177. The van der Waals surface area contributed by atoms with Gasteiger partial charge in [-0.05, 0) is 30.3 Å². The van der Waals surface area contributed by atoms with Gasteiger partial charge < -0.3 is 15.3 Å². The number of fused-ring (bicyclic) bond motifs is 2. The molecule has 0 amide bonds. The lowest BCUT2D eigenvalue weighted by atomic mass is 10.1. The molecule has 4 aromatic rings. The molecule has 3 N–H and O–H groups in total. The highest BCUT2D eigenvalue weighted by Crippen LogP contribution is 2.21. The third-order valence-corrected chi connectivity index (χ3v) is 4.21. The maximum Gasteiger partial charge on any atom is 0.253 e. The molecule has 0 saturated carbocycles. The third-order valence-electron chi connectivity index (χ3n) is 3.69. The SMILES string of the molecule is O=c1[nH]c2ccc(Cl)cc2cc1CNc1nc(Cl)c2cc[nH]c2n1. The molecule has 120 valence electrons. The Morgan fingerprint density at radius 3 is 2.88 bits per heavy atom. The lowest BCUT2D eigenvalue weighted by Gasteiger charge is -2.07. The molecule has 0 aliphatic heterocycles. The summed E-state index contributed by atoms with van der Waals surface area (Å²) < 4.78 is 0. The van der Waals surface area contributed by atoms with Crippen molar-refractivity contribution in [3.8, 4) is 0 Å². The van der Waals surface area contributed by atoms with Crippen LogP contribution >= 0.6 is 23.2 Å². The van der Waals surface area contributed by atoms with Gasteiger partial charge in [0.1, 0.15) is 10.8 Å². The number of halogens is 2. The van der Waals surface area contributed by atoms with Crippen LogP contribution in [-0.2, 0) is 6.54 Å². The van der Waals surface area contributed by atoms with E-state index in [1.165, 1.54) is 0 Å². The van der Waals surface area contributed by atoms with Gasteiger partial charge in [0, 0.05) is 34.2 Å². The fourth-order valence-electron chi connectivity index (χ4n) is 2.51. The number of anilines is 1. The van der Waals surface area contributed by atoms with Gasteiger partial charge >= 0.3 is 0 Å². The Balaban J connectivity index is 1.65. The molecule has 0 atom stereocenters. The Bertz CT molecular complexity index is 1120. The monoisotopic (exact) mass is 359 g/mol. The minimum Gasteiger partial charge on any atom is -0.350 e. The molecule has 3 aromatic heterocycles. The van der Waals surface area contributed by atoms with Gasteiger partial charge in [-0.2, -0.15) is 4.98 Å². The first-order valence-corrected chi connectivity index (χ1v) is 7.92. The Kier molecular flexibility index (Phi) is 3.63. The Hall–Kier alpha value is -2.57. The van der Waals surface area contributed by atoms with Gasteiger partial charge in [0.25, 0.3) is 5.56 Å². The molecular weight excluding hydrogens is 349 g/mol. The van der Waals surface area contributed by atoms with Gasteiger partial charge in [0.15, 0.2) is 0 Å². The molecule has 0 bridgehead atoms. The maximum atomic E-state index is 12.2. The van der Waals surface area contributed by atoms with E-state index in [2.05, 4.69) is 25.3 Å². The first-order chi connectivity index (χ1) is 11.6. The zero-order valence-electron chi connectivity index (χ0n) is 12.2. The van der Waals surface area contributed by atoms with Crippen molar-refractivity contribution in [1.29, 1.82) is 0 Å². The van der Waals surface area contributed by atoms with E-state index >= 15 is 0 Å². The molecule has 0 fully saturated rings. The molecule has 0 radical (unpaired) electrons. The molecule has 0 spiro atoms. The van der Waals surface area contributed by atoms with Crippen molar-refractivity contribution in [3.63, 3.8) is 0 Å². The summed E-state index contributed by atoms with van der Waals surface area (Å²) in [5.74, 6) is 0.348. The van der Waals surface area contributed by atoms with Crippen LogP contribution in [0.2, 0.25) is 10.2 Å². The first kappa shape index (κ1) is 15.0. The summed E-state index contributed by atoms with van der Waals surface area (Å²) in [6.07, 6.45) is 1.74. The highest BCUT2D eigenvalue weighted by Gasteiger charge is 2.08. The number of hydrogen-bond acceptors (Lipinski definition) is 4. The van der Waals surface area contributed by atoms with E-state index in [1.54, 1.807) is 36.5 Å². The predicted molar refractivity (Wildman–Crippen MR) is 95.8 cm³/mol. The van der Waals surface area contributed by atoms with Crippen LogP contribution in [0.1, 0.15) is 5.56 Å². The van der Waals surface area contributed by atoms with Gasteiger partial charge in [-0.25, -0.2) is 4.98 Å². The summed E-state index contributed by atoms with van der Waals surface area (Å²) in [6, 6.07) is 8.91. The second kappa shape index (κ2) is 5.81. The van der Waals surface area contributed by atoms with Crippen LogP contribution < -0.4 is 10.9 Å². The summed E-state index contributed by atoms with van der Waals surface area (Å²) in [4.78, 5) is 26.5. The number of hydrogen-bond donors (Lipinski definition) is 3. The highest BCUT2D eigenvalue weighted by molar-refractivity contribution is 6.34. The molecule has 0 aliphatic rings. The molecule has 3 heterocycles. The van der Waals surface area contributed by atoms with Gasteiger partial charge in [0.05, 0.1) is 5.39 Å². The molecule has 0 aliphatic carbocycles. The van der Waals surface area contributed by atoms with E-state index in [0.29, 0.717) is 27.3 Å². The van der Waals surface area contributed by atoms with Gasteiger partial charge in [-0.15, -0.1) is 0 Å². The van der Waals surface area contributed by atoms with Crippen molar-refractivity contribution >= 4 is 51.1 Å². The fourth-order valence-corrected chi connectivity index (χ4v) is 2.92. The average molecular weight is 360 g/mol. The number of benzene rings is 1. The number of rotatable bonds is 3. The van der Waals surface area contributed by atoms with Crippen LogP contribution in [0.3, 0.4) is 0 Å². The maximum absolute atomic E-state index is 12.2. The Morgan fingerprint density at radius 1 is 1.12 bits per heavy atom. The lowest BCUT2D eigenvalue weighted by Crippen LogP contribution is -2.16. The molecule has 0 unspecified atom stereocenters. The standard InChI is InChI=1S/C16H11Cl2N5O/c17-10-1-2-12-8(6-10)5-9(15(24)21-12)7-20-16-22-13(18)11-3-4-19-14(11)23-16/h1-6H,7H2,(H,21,24)(H2,19,20,22,23). The normalized spacial score (nSPS) is 11.2. The number of aromatic nitrogens is 4. The van der Waals surface area contributed by atoms with E-state index in [9.17, 15) is 4.79 Å². The topological polar surface area (TPSA) is 86.5 Å². The molecule has 4 rings (SSSR count). The van der Waals surface area contributed by atoms with Gasteiger partial charge in [-0.3, -0.25) is 4.79 Å². The van der Waals surface area contributed by atoms with Crippen LogP contribution in [0.25, 0.3) is 21.9 Å². The van der Waals surface area contributed by atoms with Crippen LogP contribution in [0.4, 0.5) is 5.95 Å². The number of H-pyrrole nitrogens is 2. The minimum atomic E-state index is -0.177. The summed E-state index contributed by atoms with van der Waals surface area (Å²) in [5, 5.41) is 5.60. The van der Waals surface area contributed by atoms with Crippen molar-refractivity contribution in [2.24, 2.45) is 0 Å². The molecule has 6 nitrogen and oxygen atoms in total. The third kappa shape index (κ3) is 2.70. The molecule has 0 saturated heterocycles. The Labute approximate surface area is 145 Å². The number of pyridine rings is 1. The van der Waals surface area contributed by atoms with E-state index in [1.807, 2.05) is 0 Å². The first-order valence-electron chi connectivity index (χ1n) is 7.16. The predicted octanol–water partition coefficient (Wildman–Crippen LogP) is 3.72. The van der Waals surface area contributed by atoms with E-state index in [-0.39, 0.29) is 12.1 Å². The quantitative estimate of drug-likeness (QED) is 0.486. The molecule has 1 aromatic carbocycles. The van der Waals surface area contributed by atoms with Gasteiger partial charge in [0.2, 0.25) is 5.95 Å². The largest absolute Gasteiger partial charge is 0.350 e. The van der Waals surface area contributed by atoms with E-state index in [0.717, 1.165) is 16.3 Å². The average Bonchev–Trinajstić information content (AvgIpc) is 3.02. The zero-order chi connectivity index (χ0) is 16.7. The van der Waals surface area contributed by atoms with Crippen molar-refractivity contribution in [2.45, 2.75) is 6.54 Å². The number of nitrogens with one attached hydrogen (secondary N) is 3. The second-order valence-electron chi connectivity index (χ2n) is 5.29. The summed E-state index contributed by atoms with van der Waals surface area (Å²) >= 11 is 12.1. The molecule has 8 heteroatoms. The number of aromatic amines is 2. The lowest BCUT2D eigenvalue weighted by molar-refractivity contribution is 1.04. The van der Waals surface area contributed by atoms with Crippen LogP contribution in [0.5, 0.6) is 0 Å². The summed E-state index contributed by atoms with van der Waals surface area (Å²) in [7, 11) is 0. The molecular formula is C16H11Cl2N5O. The fraction of sp³-hybridized carbons (Fsp3) is 0.0625. The van der Waals surface area contributed by atoms with Crippen molar-refractivity contribution in [3.05, 3.63) is 62.6 Å². The van der Waals surface area contributed by atoms with Crippen LogP contribution in [-0.4, -0.2) is 19.9 Å². The smallest absolute Gasteiger partial charge is 0.253 e. The van der Waals surface area contributed by atoms with Crippen LogP contribution in [0.15, 0.2) is 41.3 Å². The van der Waals surface area contributed by atoms with Gasteiger partial charge in [-0.1, -0.05) is 23.2 Å². The summed E-state index contributed by atoms with van der Waals surface area (Å²) in [6.45, 7) is 0.264. The zero-order valence-corrected chi connectivity index (χ0v) is 13.7. The van der Waals surface area contributed by atoms with Crippen molar-refractivity contribution in [2.75, 3.05) is 5.32 Å². The highest BCUT2D eigenvalue weighted by atomic mass is 35.5. The summed E-state index contributed by atoms with van der Waals surface area (Å²) in [5.41, 5.74) is 1.75. The van der Waals surface area contributed by atoms with Crippen molar-refractivity contribution < 1.29 is 0 Å². The number of nitrogens with zero attached hydrogens (tertiary/aromatic N) is 2.